The van der Waals surface area contributed by atoms with E-state index in [4.69, 9.17) is 11.6 Å². The average molecular weight is 195 g/mol. The molecule has 0 amide bonds. The Morgan fingerprint density at radius 1 is 1.15 bits per heavy atom. The monoisotopic (exact) mass is 194 g/mol. The molecule has 1 aromatic rings. The van der Waals surface area contributed by atoms with Gasteiger partial charge in [-0.1, -0.05) is 51.1 Å². The van der Waals surface area contributed by atoms with Crippen LogP contribution in [0.1, 0.15) is 26.3 Å². The second kappa shape index (κ2) is 2.51. The van der Waals surface area contributed by atoms with Crippen LogP contribution in [0.4, 0.5) is 0 Å². The molecular weight excluding hydrogens is 180 g/mol. The molecule has 70 valence electrons. The zero-order chi connectivity index (χ0) is 9.69. The Labute approximate surface area is 84.9 Å². The molecule has 0 N–H and O–H groups in total. The third-order valence-electron chi connectivity index (χ3n) is 3.73. The molecule has 0 spiro atoms. The van der Waals surface area contributed by atoms with Crippen molar-refractivity contribution in [3.8, 4) is 0 Å². The van der Waals surface area contributed by atoms with E-state index in [-0.39, 0.29) is 10.3 Å². The highest BCUT2D eigenvalue weighted by Crippen LogP contribution is 2.71. The Morgan fingerprint density at radius 3 is 2.00 bits per heavy atom. The molecule has 0 heterocycles. The minimum atomic E-state index is -0.131. The summed E-state index contributed by atoms with van der Waals surface area (Å²) in [5.74, 6) is 0.559. The largest absolute Gasteiger partial charge is 0.113 e. The Kier molecular flexibility index (Phi) is 1.75. The van der Waals surface area contributed by atoms with Crippen molar-refractivity contribution in [2.75, 3.05) is 0 Å². The fourth-order valence-corrected chi connectivity index (χ4v) is 2.77. The zero-order valence-electron chi connectivity index (χ0n) is 8.34. The molecule has 0 radical (unpaired) electrons. The minimum absolute atomic E-state index is 0.131. The molecule has 0 saturated heterocycles. The van der Waals surface area contributed by atoms with Gasteiger partial charge in [0.2, 0.25) is 0 Å². The summed E-state index contributed by atoms with van der Waals surface area (Å²) >= 11 is 6.61. The van der Waals surface area contributed by atoms with Gasteiger partial charge in [-0.3, -0.25) is 0 Å². The topological polar surface area (TPSA) is 0 Å². The van der Waals surface area contributed by atoms with E-state index in [0.29, 0.717) is 5.92 Å². The summed E-state index contributed by atoms with van der Waals surface area (Å²) in [6.45, 7) is 6.69. The van der Waals surface area contributed by atoms with Crippen LogP contribution in [-0.4, -0.2) is 0 Å². The SMILES string of the molecule is CC1C(C)(C)C1(Cl)c1ccccc1. The van der Waals surface area contributed by atoms with E-state index in [0.717, 1.165) is 0 Å². The molecular formula is C12H15Cl. The lowest BCUT2D eigenvalue weighted by atomic mass is 10.0. The molecule has 13 heavy (non-hydrogen) atoms. The maximum atomic E-state index is 6.61. The minimum Gasteiger partial charge on any atom is -0.113 e. The highest BCUT2D eigenvalue weighted by molar-refractivity contribution is 6.27. The molecule has 0 aliphatic heterocycles. The summed E-state index contributed by atoms with van der Waals surface area (Å²) in [7, 11) is 0. The van der Waals surface area contributed by atoms with Crippen LogP contribution in [-0.2, 0) is 4.87 Å². The van der Waals surface area contributed by atoms with Crippen molar-refractivity contribution in [3.05, 3.63) is 35.9 Å². The van der Waals surface area contributed by atoms with Crippen LogP contribution in [0, 0.1) is 11.3 Å². The van der Waals surface area contributed by atoms with Crippen LogP contribution in [0.3, 0.4) is 0 Å². The van der Waals surface area contributed by atoms with E-state index in [9.17, 15) is 0 Å². The highest BCUT2D eigenvalue weighted by atomic mass is 35.5. The van der Waals surface area contributed by atoms with E-state index in [1.807, 2.05) is 6.07 Å². The van der Waals surface area contributed by atoms with Crippen molar-refractivity contribution in [1.29, 1.82) is 0 Å². The molecule has 2 atom stereocenters. The Bertz CT molecular complexity index is 315. The van der Waals surface area contributed by atoms with Crippen molar-refractivity contribution in [1.82, 2.24) is 0 Å². The molecule has 0 nitrogen and oxygen atoms in total. The molecule has 2 rings (SSSR count). The predicted molar refractivity (Wildman–Crippen MR) is 56.9 cm³/mol. The van der Waals surface area contributed by atoms with E-state index in [1.54, 1.807) is 0 Å². The van der Waals surface area contributed by atoms with E-state index < -0.39 is 0 Å². The van der Waals surface area contributed by atoms with Crippen LogP contribution in [0.5, 0.6) is 0 Å². The van der Waals surface area contributed by atoms with Gasteiger partial charge in [-0.25, -0.2) is 0 Å². The van der Waals surface area contributed by atoms with Gasteiger partial charge in [0, 0.05) is 0 Å². The summed E-state index contributed by atoms with van der Waals surface area (Å²) in [4.78, 5) is -0.131. The van der Waals surface area contributed by atoms with Crippen LogP contribution in [0.25, 0.3) is 0 Å². The smallest absolute Gasteiger partial charge is 0.0780 e. The first-order chi connectivity index (χ1) is 6.01. The van der Waals surface area contributed by atoms with Crippen molar-refractivity contribution >= 4 is 11.6 Å². The molecule has 1 aromatic carbocycles. The van der Waals surface area contributed by atoms with Crippen molar-refractivity contribution in [2.45, 2.75) is 25.6 Å². The first kappa shape index (κ1) is 9.08. The molecule has 1 aliphatic rings. The molecule has 1 saturated carbocycles. The van der Waals surface area contributed by atoms with Crippen LogP contribution < -0.4 is 0 Å². The van der Waals surface area contributed by atoms with Crippen LogP contribution in [0.15, 0.2) is 30.3 Å². The average Bonchev–Trinajstić information content (AvgIpc) is 2.53. The number of rotatable bonds is 1. The van der Waals surface area contributed by atoms with Gasteiger partial charge in [-0.2, -0.15) is 0 Å². The van der Waals surface area contributed by atoms with Crippen molar-refractivity contribution < 1.29 is 0 Å². The standard InChI is InChI=1S/C12H15Cl/c1-9-11(2,3)12(9,13)10-7-5-4-6-8-10/h4-9H,1-3H3. The molecule has 1 aliphatic carbocycles. The molecule has 0 aromatic heterocycles. The van der Waals surface area contributed by atoms with Crippen molar-refractivity contribution in [3.63, 3.8) is 0 Å². The van der Waals surface area contributed by atoms with E-state index >= 15 is 0 Å². The van der Waals surface area contributed by atoms with Gasteiger partial charge in [0.15, 0.2) is 0 Å². The van der Waals surface area contributed by atoms with Gasteiger partial charge in [-0.05, 0) is 16.9 Å². The number of hydrogen-bond acceptors (Lipinski definition) is 0. The molecule has 1 heteroatoms. The second-order valence-electron chi connectivity index (χ2n) is 4.52. The fraction of sp³-hybridized carbons (Fsp3) is 0.500. The summed E-state index contributed by atoms with van der Waals surface area (Å²) in [5.41, 5.74) is 1.49. The maximum Gasteiger partial charge on any atom is 0.0780 e. The maximum absolute atomic E-state index is 6.61. The lowest BCUT2D eigenvalue weighted by Crippen LogP contribution is -2.05. The Hall–Kier alpha value is -0.490. The molecule has 0 bridgehead atoms. The second-order valence-corrected chi connectivity index (χ2v) is 5.12. The lowest BCUT2D eigenvalue weighted by Gasteiger charge is -2.12. The summed E-state index contributed by atoms with van der Waals surface area (Å²) < 4.78 is 0. The van der Waals surface area contributed by atoms with E-state index in [1.165, 1.54) is 5.56 Å². The predicted octanol–water partition coefficient (Wildman–Crippen LogP) is 3.80. The van der Waals surface area contributed by atoms with Gasteiger partial charge in [0.1, 0.15) is 0 Å². The molecule has 2 unspecified atom stereocenters. The number of benzene rings is 1. The van der Waals surface area contributed by atoms with Crippen LogP contribution >= 0.6 is 11.6 Å². The highest BCUT2D eigenvalue weighted by Gasteiger charge is 2.68. The van der Waals surface area contributed by atoms with Gasteiger partial charge in [0.25, 0.3) is 0 Å². The number of alkyl halides is 1. The summed E-state index contributed by atoms with van der Waals surface area (Å²) in [6.07, 6.45) is 0. The van der Waals surface area contributed by atoms with Gasteiger partial charge in [0.05, 0.1) is 4.87 Å². The van der Waals surface area contributed by atoms with Gasteiger partial charge < -0.3 is 0 Å². The van der Waals surface area contributed by atoms with Crippen molar-refractivity contribution in [2.24, 2.45) is 11.3 Å². The fourth-order valence-electron chi connectivity index (χ4n) is 2.26. The lowest BCUT2D eigenvalue weighted by molar-refractivity contribution is 0.563. The normalized spacial score (nSPS) is 35.8. The first-order valence-electron chi connectivity index (χ1n) is 4.75. The summed E-state index contributed by atoms with van der Waals surface area (Å²) in [6, 6.07) is 10.4. The summed E-state index contributed by atoms with van der Waals surface area (Å²) in [5, 5.41) is 0. The number of hydrogen-bond donors (Lipinski definition) is 0. The Morgan fingerprint density at radius 2 is 1.62 bits per heavy atom. The van der Waals surface area contributed by atoms with Gasteiger partial charge >= 0.3 is 0 Å². The van der Waals surface area contributed by atoms with Gasteiger partial charge in [-0.15, -0.1) is 11.6 Å². The van der Waals surface area contributed by atoms with E-state index in [2.05, 4.69) is 45.0 Å². The number of halogens is 1. The van der Waals surface area contributed by atoms with Crippen LogP contribution in [0.2, 0.25) is 0 Å². The third-order valence-corrected chi connectivity index (χ3v) is 4.76. The molecule has 1 fully saturated rings. The first-order valence-corrected chi connectivity index (χ1v) is 5.13. The zero-order valence-corrected chi connectivity index (χ0v) is 9.10. The third kappa shape index (κ3) is 0.985. The quantitative estimate of drug-likeness (QED) is 0.597. The Balaban J connectivity index is 2.40.